The first kappa shape index (κ1) is 19.8. The van der Waals surface area contributed by atoms with E-state index in [0.29, 0.717) is 12.1 Å². The van der Waals surface area contributed by atoms with E-state index in [2.05, 4.69) is 23.8 Å². The average Bonchev–Trinajstić information content (AvgIpc) is 2.76. The number of nitrogens with zero attached hydrogens (tertiary/aromatic N) is 3. The van der Waals surface area contributed by atoms with Gasteiger partial charge in [-0.15, -0.1) is 0 Å². The molecule has 0 saturated heterocycles. The van der Waals surface area contributed by atoms with E-state index in [0.717, 1.165) is 42.2 Å². The van der Waals surface area contributed by atoms with Crippen LogP contribution < -0.4 is 10.3 Å². The lowest BCUT2D eigenvalue weighted by Gasteiger charge is -2.19. The van der Waals surface area contributed by atoms with Crippen LogP contribution in [0, 0.1) is 0 Å². The molecule has 3 rings (SSSR count). The SMILES string of the molecule is CCN(CC)CCn1nc(-c2cccc(OC)c2)cc(-c2ccccc2)c1=O. The van der Waals surface area contributed by atoms with Crippen molar-refractivity contribution in [3.05, 3.63) is 71.0 Å². The number of likely N-dealkylation sites (N-methyl/N-ethyl adjacent to an activating group) is 1. The third-order valence-electron chi connectivity index (χ3n) is 4.95. The van der Waals surface area contributed by atoms with Crippen molar-refractivity contribution >= 4 is 0 Å². The molecule has 1 heterocycles. The maximum atomic E-state index is 13.1. The molecule has 0 radical (unpaired) electrons. The molecule has 3 aromatic rings. The molecule has 2 aromatic carbocycles. The number of aromatic nitrogens is 2. The molecule has 0 fully saturated rings. The molecular weight excluding hydrogens is 350 g/mol. The average molecular weight is 377 g/mol. The van der Waals surface area contributed by atoms with E-state index in [4.69, 9.17) is 4.74 Å². The molecule has 5 nitrogen and oxygen atoms in total. The summed E-state index contributed by atoms with van der Waals surface area (Å²) in [6.07, 6.45) is 0. The van der Waals surface area contributed by atoms with E-state index in [-0.39, 0.29) is 5.56 Å². The zero-order valence-corrected chi connectivity index (χ0v) is 16.8. The largest absolute Gasteiger partial charge is 0.497 e. The van der Waals surface area contributed by atoms with Crippen LogP contribution >= 0.6 is 0 Å². The Bertz CT molecular complexity index is 963. The molecule has 0 saturated carbocycles. The van der Waals surface area contributed by atoms with Gasteiger partial charge in [-0.25, -0.2) is 4.68 Å². The van der Waals surface area contributed by atoms with E-state index < -0.39 is 0 Å². The Labute approximate surface area is 166 Å². The molecule has 0 bridgehead atoms. The summed E-state index contributed by atoms with van der Waals surface area (Å²) in [6, 6.07) is 19.4. The van der Waals surface area contributed by atoms with Crippen LogP contribution in [0.25, 0.3) is 22.4 Å². The van der Waals surface area contributed by atoms with Crippen LogP contribution in [-0.4, -0.2) is 41.4 Å². The van der Waals surface area contributed by atoms with Crippen LogP contribution in [-0.2, 0) is 6.54 Å². The van der Waals surface area contributed by atoms with Gasteiger partial charge < -0.3 is 9.64 Å². The highest BCUT2D eigenvalue weighted by Crippen LogP contribution is 2.25. The molecule has 0 aliphatic rings. The van der Waals surface area contributed by atoms with Crippen molar-refractivity contribution in [2.45, 2.75) is 20.4 Å². The number of benzene rings is 2. The van der Waals surface area contributed by atoms with Crippen LogP contribution in [0.2, 0.25) is 0 Å². The Morgan fingerprint density at radius 2 is 1.68 bits per heavy atom. The van der Waals surface area contributed by atoms with Gasteiger partial charge in [-0.2, -0.15) is 5.10 Å². The Kier molecular flexibility index (Phi) is 6.61. The van der Waals surface area contributed by atoms with Gasteiger partial charge in [-0.1, -0.05) is 56.3 Å². The monoisotopic (exact) mass is 377 g/mol. The van der Waals surface area contributed by atoms with E-state index >= 15 is 0 Å². The van der Waals surface area contributed by atoms with Gasteiger partial charge in [0, 0.05) is 12.1 Å². The predicted octanol–water partition coefficient (Wildman–Crippen LogP) is 3.93. The van der Waals surface area contributed by atoms with Gasteiger partial charge in [0.1, 0.15) is 5.75 Å². The second-order valence-corrected chi connectivity index (χ2v) is 6.60. The summed E-state index contributed by atoms with van der Waals surface area (Å²) >= 11 is 0. The topological polar surface area (TPSA) is 47.4 Å². The lowest BCUT2D eigenvalue weighted by molar-refractivity contribution is 0.283. The molecule has 0 spiro atoms. The summed E-state index contributed by atoms with van der Waals surface area (Å²) in [6.45, 7) is 7.50. The first-order valence-electron chi connectivity index (χ1n) is 9.70. The lowest BCUT2D eigenvalue weighted by Crippen LogP contribution is -2.32. The van der Waals surface area contributed by atoms with Crippen LogP contribution in [0.4, 0.5) is 0 Å². The fourth-order valence-electron chi connectivity index (χ4n) is 3.22. The highest BCUT2D eigenvalue weighted by Gasteiger charge is 2.13. The van der Waals surface area contributed by atoms with E-state index in [9.17, 15) is 4.79 Å². The first-order valence-corrected chi connectivity index (χ1v) is 9.70. The smallest absolute Gasteiger partial charge is 0.274 e. The van der Waals surface area contributed by atoms with Gasteiger partial charge in [-0.3, -0.25) is 4.79 Å². The zero-order chi connectivity index (χ0) is 19.9. The maximum Gasteiger partial charge on any atom is 0.274 e. The number of hydrogen-bond donors (Lipinski definition) is 0. The molecule has 0 aliphatic heterocycles. The summed E-state index contributed by atoms with van der Waals surface area (Å²) in [5.41, 5.74) is 3.18. The van der Waals surface area contributed by atoms with Gasteiger partial charge in [0.15, 0.2) is 0 Å². The van der Waals surface area contributed by atoms with Gasteiger partial charge >= 0.3 is 0 Å². The number of hydrogen-bond acceptors (Lipinski definition) is 4. The summed E-state index contributed by atoms with van der Waals surface area (Å²) in [4.78, 5) is 15.4. The first-order chi connectivity index (χ1) is 13.7. The Balaban J connectivity index is 2.09. The summed E-state index contributed by atoms with van der Waals surface area (Å²) in [5, 5.41) is 4.67. The Hall–Kier alpha value is -2.92. The van der Waals surface area contributed by atoms with Gasteiger partial charge in [0.05, 0.1) is 24.9 Å². The second-order valence-electron chi connectivity index (χ2n) is 6.60. The summed E-state index contributed by atoms with van der Waals surface area (Å²) in [7, 11) is 1.65. The quantitative estimate of drug-likeness (QED) is 0.597. The van der Waals surface area contributed by atoms with Gasteiger partial charge in [0.25, 0.3) is 5.56 Å². The zero-order valence-electron chi connectivity index (χ0n) is 16.8. The molecule has 0 unspecified atom stereocenters. The highest BCUT2D eigenvalue weighted by atomic mass is 16.5. The van der Waals surface area contributed by atoms with Crippen molar-refractivity contribution in [2.24, 2.45) is 0 Å². The molecule has 0 aliphatic carbocycles. The van der Waals surface area contributed by atoms with E-state index in [1.54, 1.807) is 11.8 Å². The normalized spacial score (nSPS) is 11.0. The minimum Gasteiger partial charge on any atom is -0.497 e. The fraction of sp³-hybridized carbons (Fsp3) is 0.304. The Morgan fingerprint density at radius 3 is 2.36 bits per heavy atom. The molecular formula is C23H27N3O2. The second kappa shape index (κ2) is 9.33. The minimum atomic E-state index is -0.0648. The third-order valence-corrected chi connectivity index (χ3v) is 4.95. The van der Waals surface area contributed by atoms with Crippen LogP contribution in [0.15, 0.2) is 65.5 Å². The standard InChI is InChI=1S/C23H27N3O2/c1-4-25(5-2)14-15-26-23(27)21(18-10-7-6-8-11-18)17-22(24-26)19-12-9-13-20(16-19)28-3/h6-13,16-17H,4-5,14-15H2,1-3H3. The predicted molar refractivity (Wildman–Crippen MR) is 114 cm³/mol. The van der Waals surface area contributed by atoms with Crippen molar-refractivity contribution < 1.29 is 4.74 Å². The molecule has 0 atom stereocenters. The summed E-state index contributed by atoms with van der Waals surface area (Å²) < 4.78 is 6.94. The molecule has 28 heavy (non-hydrogen) atoms. The lowest BCUT2D eigenvalue weighted by atomic mass is 10.0. The maximum absolute atomic E-state index is 13.1. The van der Waals surface area contributed by atoms with Gasteiger partial charge in [-0.05, 0) is 36.9 Å². The molecule has 0 amide bonds. The fourth-order valence-corrected chi connectivity index (χ4v) is 3.22. The molecule has 146 valence electrons. The van der Waals surface area contributed by atoms with Crippen molar-refractivity contribution in [1.82, 2.24) is 14.7 Å². The summed E-state index contributed by atoms with van der Waals surface area (Å²) in [5.74, 6) is 0.765. The van der Waals surface area contributed by atoms with Crippen LogP contribution in [0.5, 0.6) is 5.75 Å². The van der Waals surface area contributed by atoms with Crippen molar-refractivity contribution in [1.29, 1.82) is 0 Å². The Morgan fingerprint density at radius 1 is 0.964 bits per heavy atom. The van der Waals surface area contributed by atoms with Crippen LogP contribution in [0.3, 0.4) is 0 Å². The number of ether oxygens (including phenoxy) is 1. The molecule has 0 N–H and O–H groups in total. The van der Waals surface area contributed by atoms with Crippen molar-refractivity contribution in [2.75, 3.05) is 26.7 Å². The van der Waals surface area contributed by atoms with Crippen molar-refractivity contribution in [3.8, 4) is 28.1 Å². The molecule has 1 aromatic heterocycles. The number of rotatable bonds is 8. The van der Waals surface area contributed by atoms with Crippen molar-refractivity contribution in [3.63, 3.8) is 0 Å². The van der Waals surface area contributed by atoms with Gasteiger partial charge in [0.2, 0.25) is 0 Å². The number of methoxy groups -OCH3 is 1. The molecule has 5 heteroatoms. The minimum absolute atomic E-state index is 0.0648. The third kappa shape index (κ3) is 4.49. The van der Waals surface area contributed by atoms with E-state index in [1.165, 1.54) is 0 Å². The van der Waals surface area contributed by atoms with E-state index in [1.807, 2.05) is 60.7 Å². The highest BCUT2D eigenvalue weighted by molar-refractivity contribution is 5.70. The van der Waals surface area contributed by atoms with Crippen LogP contribution in [0.1, 0.15) is 13.8 Å².